The van der Waals surface area contributed by atoms with Gasteiger partial charge in [-0.25, -0.2) is 0 Å². The first kappa shape index (κ1) is 16.0. The number of aromatic amines is 1. The first-order chi connectivity index (χ1) is 12.1. The maximum Gasteiger partial charge on any atom is 0.223 e. The molecule has 25 heavy (non-hydrogen) atoms. The Hall–Kier alpha value is -2.50. The molecule has 2 amide bonds. The van der Waals surface area contributed by atoms with Gasteiger partial charge in [0.2, 0.25) is 11.8 Å². The number of rotatable bonds is 5. The molecule has 2 heterocycles. The Morgan fingerprint density at radius 1 is 1.32 bits per heavy atom. The highest BCUT2D eigenvalue weighted by molar-refractivity contribution is 5.88. The molecule has 4 rings (SSSR count). The van der Waals surface area contributed by atoms with E-state index in [0.717, 1.165) is 41.5 Å². The molecule has 0 radical (unpaired) electrons. The summed E-state index contributed by atoms with van der Waals surface area (Å²) in [4.78, 5) is 29.6. The molecule has 1 aromatic carbocycles. The number of ether oxygens (including phenoxy) is 1. The normalized spacial score (nSPS) is 16.6. The van der Waals surface area contributed by atoms with Crippen molar-refractivity contribution in [3.8, 4) is 5.75 Å². The van der Waals surface area contributed by atoms with E-state index < -0.39 is 0 Å². The smallest absolute Gasteiger partial charge is 0.223 e. The predicted molar refractivity (Wildman–Crippen MR) is 94.4 cm³/mol. The number of carbonyl (C=O) groups is 2. The molecule has 2 aliphatic rings. The third-order valence-electron chi connectivity index (χ3n) is 5.04. The molecular weight excluding hydrogens is 318 g/mol. The Balaban J connectivity index is 1.44. The van der Waals surface area contributed by atoms with Gasteiger partial charge in [0, 0.05) is 60.6 Å². The largest absolute Gasteiger partial charge is 0.497 e. The lowest BCUT2D eigenvalue weighted by Crippen LogP contribution is -2.36. The molecule has 0 atom stereocenters. The van der Waals surface area contributed by atoms with Crippen molar-refractivity contribution in [1.82, 2.24) is 15.2 Å². The second-order valence-corrected chi connectivity index (χ2v) is 6.90. The van der Waals surface area contributed by atoms with Crippen molar-refractivity contribution >= 4 is 22.7 Å². The lowest BCUT2D eigenvalue weighted by Gasteiger charge is -2.27. The quantitative estimate of drug-likeness (QED) is 0.875. The van der Waals surface area contributed by atoms with E-state index in [-0.39, 0.29) is 24.7 Å². The fourth-order valence-electron chi connectivity index (χ4n) is 3.44. The van der Waals surface area contributed by atoms with Crippen LogP contribution in [-0.4, -0.2) is 41.4 Å². The van der Waals surface area contributed by atoms with Crippen molar-refractivity contribution in [1.29, 1.82) is 0 Å². The van der Waals surface area contributed by atoms with Crippen LogP contribution < -0.4 is 10.1 Å². The monoisotopic (exact) mass is 341 g/mol. The molecule has 132 valence electrons. The van der Waals surface area contributed by atoms with Crippen LogP contribution in [0.5, 0.6) is 5.75 Å². The molecule has 1 fully saturated rings. The van der Waals surface area contributed by atoms with Crippen LogP contribution in [0.3, 0.4) is 0 Å². The number of methoxy groups -OCH3 is 1. The van der Waals surface area contributed by atoms with Gasteiger partial charge < -0.3 is 19.9 Å². The maximum atomic E-state index is 12.5. The summed E-state index contributed by atoms with van der Waals surface area (Å²) in [6.07, 6.45) is 3.50. The molecule has 1 aromatic heterocycles. The number of hydrogen-bond donors (Lipinski definition) is 2. The van der Waals surface area contributed by atoms with Crippen molar-refractivity contribution < 1.29 is 14.3 Å². The highest BCUT2D eigenvalue weighted by atomic mass is 16.5. The summed E-state index contributed by atoms with van der Waals surface area (Å²) in [6, 6.07) is 6.32. The van der Waals surface area contributed by atoms with Crippen LogP contribution in [0.2, 0.25) is 0 Å². The van der Waals surface area contributed by atoms with Crippen LogP contribution in [0.4, 0.5) is 0 Å². The molecule has 1 aliphatic heterocycles. The first-order valence-corrected chi connectivity index (χ1v) is 8.88. The number of hydrogen-bond acceptors (Lipinski definition) is 3. The van der Waals surface area contributed by atoms with E-state index in [9.17, 15) is 9.59 Å². The molecule has 0 unspecified atom stereocenters. The molecular formula is C19H23N3O3. The number of nitrogens with zero attached hydrogens (tertiary/aromatic N) is 1. The van der Waals surface area contributed by atoms with Gasteiger partial charge in [-0.15, -0.1) is 0 Å². The third kappa shape index (κ3) is 3.34. The van der Waals surface area contributed by atoms with E-state index in [1.165, 1.54) is 5.69 Å². The maximum absolute atomic E-state index is 12.5. The van der Waals surface area contributed by atoms with Gasteiger partial charge in [0.15, 0.2) is 0 Å². The fraction of sp³-hybridized carbons (Fsp3) is 0.474. The average Bonchev–Trinajstić information content (AvgIpc) is 3.37. The zero-order valence-electron chi connectivity index (χ0n) is 14.4. The van der Waals surface area contributed by atoms with E-state index in [2.05, 4.69) is 10.3 Å². The van der Waals surface area contributed by atoms with Gasteiger partial charge in [-0.3, -0.25) is 9.59 Å². The zero-order valence-corrected chi connectivity index (χ0v) is 14.4. The minimum Gasteiger partial charge on any atom is -0.497 e. The molecule has 1 aliphatic carbocycles. The Kier molecular flexibility index (Phi) is 4.11. The van der Waals surface area contributed by atoms with E-state index in [1.807, 2.05) is 23.1 Å². The molecule has 0 saturated heterocycles. The minimum absolute atomic E-state index is 0.00891. The molecule has 0 bridgehead atoms. The lowest BCUT2D eigenvalue weighted by atomic mass is 10.0. The number of benzene rings is 1. The van der Waals surface area contributed by atoms with Gasteiger partial charge in [0.1, 0.15) is 5.75 Å². The molecule has 2 N–H and O–H groups in total. The Bertz CT molecular complexity index is 823. The highest BCUT2D eigenvalue weighted by Gasteiger charge is 2.26. The van der Waals surface area contributed by atoms with Crippen LogP contribution in [0.15, 0.2) is 18.2 Å². The van der Waals surface area contributed by atoms with E-state index in [4.69, 9.17) is 4.74 Å². The van der Waals surface area contributed by atoms with E-state index in [1.54, 1.807) is 7.11 Å². The molecule has 1 saturated carbocycles. The molecule has 6 nitrogen and oxygen atoms in total. The van der Waals surface area contributed by atoms with E-state index in [0.29, 0.717) is 19.1 Å². The van der Waals surface area contributed by atoms with Crippen molar-refractivity contribution in [2.45, 2.75) is 44.7 Å². The Morgan fingerprint density at radius 3 is 2.92 bits per heavy atom. The Morgan fingerprint density at radius 2 is 2.16 bits per heavy atom. The predicted octanol–water partition coefficient (Wildman–Crippen LogP) is 2.12. The number of aromatic nitrogens is 1. The minimum atomic E-state index is -0.00891. The van der Waals surface area contributed by atoms with Crippen molar-refractivity contribution in [3.63, 3.8) is 0 Å². The van der Waals surface area contributed by atoms with Crippen LogP contribution in [0.1, 0.15) is 36.9 Å². The number of nitrogens with one attached hydrogen (secondary N) is 2. The second kappa shape index (κ2) is 6.43. The summed E-state index contributed by atoms with van der Waals surface area (Å²) in [5, 5.41) is 4.04. The van der Waals surface area contributed by atoms with Crippen LogP contribution in [0, 0.1) is 0 Å². The van der Waals surface area contributed by atoms with Gasteiger partial charge >= 0.3 is 0 Å². The topological polar surface area (TPSA) is 74.4 Å². The summed E-state index contributed by atoms with van der Waals surface area (Å²) < 4.78 is 5.32. The zero-order chi connectivity index (χ0) is 17.4. The lowest BCUT2D eigenvalue weighted by molar-refractivity contribution is -0.134. The summed E-state index contributed by atoms with van der Waals surface area (Å²) in [6.45, 7) is 1.28. The summed E-state index contributed by atoms with van der Waals surface area (Å²) in [5.41, 5.74) is 3.43. The van der Waals surface area contributed by atoms with Crippen LogP contribution in [0.25, 0.3) is 10.9 Å². The van der Waals surface area contributed by atoms with Crippen molar-refractivity contribution in [2.75, 3.05) is 13.7 Å². The van der Waals surface area contributed by atoms with Crippen molar-refractivity contribution in [3.05, 3.63) is 29.5 Å². The second-order valence-electron chi connectivity index (χ2n) is 6.90. The van der Waals surface area contributed by atoms with Gasteiger partial charge in [0.05, 0.1) is 7.11 Å². The van der Waals surface area contributed by atoms with Gasteiger partial charge in [-0.05, 0) is 31.0 Å². The van der Waals surface area contributed by atoms with Gasteiger partial charge in [-0.1, -0.05) is 0 Å². The van der Waals surface area contributed by atoms with Gasteiger partial charge in [0.25, 0.3) is 0 Å². The Labute approximate surface area is 146 Å². The molecule has 0 spiro atoms. The van der Waals surface area contributed by atoms with Crippen molar-refractivity contribution in [2.24, 2.45) is 0 Å². The summed E-state index contributed by atoms with van der Waals surface area (Å²) in [5.74, 6) is 0.855. The summed E-state index contributed by atoms with van der Waals surface area (Å²) >= 11 is 0. The average molecular weight is 341 g/mol. The number of fused-ring (bicyclic) bond motifs is 3. The highest BCUT2D eigenvalue weighted by Crippen LogP contribution is 2.30. The molecule has 6 heteroatoms. The first-order valence-electron chi connectivity index (χ1n) is 8.88. The number of amides is 2. The van der Waals surface area contributed by atoms with E-state index >= 15 is 0 Å². The van der Waals surface area contributed by atoms with Gasteiger partial charge in [-0.2, -0.15) is 0 Å². The SMILES string of the molecule is COc1ccc2[nH]c3c(c2c1)CN(C(=O)CCC(=O)NC1CC1)CC3. The third-order valence-corrected chi connectivity index (χ3v) is 5.04. The fourth-order valence-corrected chi connectivity index (χ4v) is 3.44. The summed E-state index contributed by atoms with van der Waals surface area (Å²) in [7, 11) is 1.66. The molecule has 2 aromatic rings. The van der Waals surface area contributed by atoms with Crippen LogP contribution in [-0.2, 0) is 22.6 Å². The van der Waals surface area contributed by atoms with Crippen LogP contribution >= 0.6 is 0 Å². The standard InChI is InChI=1S/C19H23N3O3/c1-25-13-4-5-16-14(10-13)15-11-22(9-8-17(15)21-16)19(24)7-6-18(23)20-12-2-3-12/h4-5,10,12,21H,2-3,6-9,11H2,1H3,(H,20,23). The number of H-pyrrole nitrogens is 1. The number of carbonyl (C=O) groups excluding carboxylic acids is 2.